The highest BCUT2D eigenvalue weighted by Crippen LogP contribution is 2.26. The van der Waals surface area contributed by atoms with Crippen LogP contribution < -0.4 is 5.73 Å². The highest BCUT2D eigenvalue weighted by molar-refractivity contribution is 9.10. The lowest BCUT2D eigenvalue weighted by molar-refractivity contribution is 0.0939. The molecule has 5 heteroatoms. The zero-order valence-electron chi connectivity index (χ0n) is 12.8. The largest absolute Gasteiger partial charge is 0.451 e. The SMILES string of the molecule is NCCc1cn(C(=O)c2cc3ccc(Br)cc3o2)c2ccccc12. The molecule has 24 heavy (non-hydrogen) atoms. The summed E-state index contributed by atoms with van der Waals surface area (Å²) in [7, 11) is 0. The first kappa shape index (κ1) is 15.2. The number of nitrogens with two attached hydrogens (primary N) is 1. The number of halogens is 1. The van der Waals surface area contributed by atoms with E-state index in [1.807, 2.05) is 48.7 Å². The lowest BCUT2D eigenvalue weighted by Gasteiger charge is -2.00. The van der Waals surface area contributed by atoms with Gasteiger partial charge >= 0.3 is 0 Å². The first-order valence-corrected chi connectivity index (χ1v) is 8.49. The maximum atomic E-state index is 13.0. The van der Waals surface area contributed by atoms with Crippen molar-refractivity contribution in [2.75, 3.05) is 6.54 Å². The highest BCUT2D eigenvalue weighted by Gasteiger charge is 2.18. The molecule has 4 rings (SSSR count). The van der Waals surface area contributed by atoms with Gasteiger partial charge in [0, 0.05) is 21.4 Å². The maximum absolute atomic E-state index is 13.0. The summed E-state index contributed by atoms with van der Waals surface area (Å²) in [5.41, 5.74) is 8.32. The molecule has 4 nitrogen and oxygen atoms in total. The maximum Gasteiger partial charge on any atom is 0.298 e. The summed E-state index contributed by atoms with van der Waals surface area (Å²) >= 11 is 3.41. The molecule has 0 radical (unpaired) electrons. The van der Waals surface area contributed by atoms with E-state index in [2.05, 4.69) is 15.9 Å². The molecule has 0 aliphatic heterocycles. The summed E-state index contributed by atoms with van der Waals surface area (Å²) in [4.78, 5) is 13.0. The van der Waals surface area contributed by atoms with Crippen molar-refractivity contribution in [2.45, 2.75) is 6.42 Å². The highest BCUT2D eigenvalue weighted by atomic mass is 79.9. The molecule has 0 spiro atoms. The fraction of sp³-hybridized carbons (Fsp3) is 0.105. The van der Waals surface area contributed by atoms with Crippen LogP contribution in [0.25, 0.3) is 21.9 Å². The number of aromatic nitrogens is 1. The molecule has 0 amide bonds. The number of nitrogens with zero attached hydrogens (tertiary/aromatic N) is 1. The minimum Gasteiger partial charge on any atom is -0.451 e. The monoisotopic (exact) mass is 382 g/mol. The second-order valence-corrected chi connectivity index (χ2v) is 6.59. The zero-order chi connectivity index (χ0) is 16.7. The van der Waals surface area contributed by atoms with Crippen molar-refractivity contribution in [1.29, 1.82) is 0 Å². The van der Waals surface area contributed by atoms with Gasteiger partial charge in [-0.2, -0.15) is 0 Å². The van der Waals surface area contributed by atoms with Crippen LogP contribution in [0.5, 0.6) is 0 Å². The molecule has 2 aromatic carbocycles. The van der Waals surface area contributed by atoms with Crippen LogP contribution in [-0.2, 0) is 6.42 Å². The smallest absolute Gasteiger partial charge is 0.298 e. The lowest BCUT2D eigenvalue weighted by Crippen LogP contribution is -2.09. The van der Waals surface area contributed by atoms with E-state index in [1.54, 1.807) is 10.6 Å². The molecular formula is C19H15BrN2O2. The Kier molecular flexibility index (Phi) is 3.75. The topological polar surface area (TPSA) is 61.2 Å². The molecule has 2 aromatic heterocycles. The van der Waals surface area contributed by atoms with Gasteiger partial charge in [-0.25, -0.2) is 0 Å². The van der Waals surface area contributed by atoms with Crippen LogP contribution in [-0.4, -0.2) is 17.0 Å². The number of benzene rings is 2. The molecule has 0 unspecified atom stereocenters. The summed E-state index contributed by atoms with van der Waals surface area (Å²) < 4.78 is 8.32. The zero-order valence-corrected chi connectivity index (χ0v) is 14.4. The van der Waals surface area contributed by atoms with Crippen molar-refractivity contribution in [3.05, 3.63) is 70.5 Å². The van der Waals surface area contributed by atoms with E-state index in [4.69, 9.17) is 10.2 Å². The Morgan fingerprint density at radius 3 is 2.83 bits per heavy atom. The summed E-state index contributed by atoms with van der Waals surface area (Å²) in [6.07, 6.45) is 2.59. The van der Waals surface area contributed by atoms with Crippen LogP contribution in [0.3, 0.4) is 0 Å². The van der Waals surface area contributed by atoms with Crippen molar-refractivity contribution in [3.8, 4) is 0 Å². The van der Waals surface area contributed by atoms with Crippen molar-refractivity contribution in [1.82, 2.24) is 4.57 Å². The summed E-state index contributed by atoms with van der Waals surface area (Å²) in [5.74, 6) is 0.143. The average molecular weight is 383 g/mol. The van der Waals surface area contributed by atoms with Crippen LogP contribution in [0.1, 0.15) is 16.1 Å². The standard InChI is InChI=1S/C19H15BrN2O2/c20-14-6-5-12-9-18(24-17(12)10-14)19(23)22-11-13(7-8-21)15-3-1-2-4-16(15)22/h1-6,9-11H,7-8,21H2. The van der Waals surface area contributed by atoms with Crippen molar-refractivity contribution in [3.63, 3.8) is 0 Å². The van der Waals surface area contributed by atoms with E-state index in [9.17, 15) is 4.79 Å². The molecule has 2 N–H and O–H groups in total. The third kappa shape index (κ3) is 2.46. The predicted molar refractivity (Wildman–Crippen MR) is 98.3 cm³/mol. The molecule has 0 atom stereocenters. The van der Waals surface area contributed by atoms with Crippen LogP contribution in [0.4, 0.5) is 0 Å². The Balaban J connectivity index is 1.85. The Bertz CT molecular complexity index is 1060. The van der Waals surface area contributed by atoms with E-state index in [0.29, 0.717) is 17.9 Å². The van der Waals surface area contributed by atoms with Crippen LogP contribution in [0, 0.1) is 0 Å². The molecule has 2 heterocycles. The van der Waals surface area contributed by atoms with E-state index in [1.165, 1.54) is 0 Å². The van der Waals surface area contributed by atoms with Gasteiger partial charge in [0.15, 0.2) is 5.76 Å². The van der Waals surface area contributed by atoms with Crippen molar-refractivity contribution in [2.24, 2.45) is 5.73 Å². The molecule has 0 saturated carbocycles. The van der Waals surface area contributed by atoms with Gasteiger partial charge in [0.2, 0.25) is 0 Å². The number of para-hydroxylation sites is 1. The van der Waals surface area contributed by atoms with Crippen molar-refractivity contribution < 1.29 is 9.21 Å². The molecule has 0 bridgehead atoms. The summed E-state index contributed by atoms with van der Waals surface area (Å²) in [6, 6.07) is 15.3. The quantitative estimate of drug-likeness (QED) is 0.573. The number of furan rings is 1. The Morgan fingerprint density at radius 1 is 1.17 bits per heavy atom. The summed E-state index contributed by atoms with van der Waals surface area (Å²) in [5, 5.41) is 1.95. The summed E-state index contributed by atoms with van der Waals surface area (Å²) in [6.45, 7) is 0.543. The molecule has 0 aliphatic carbocycles. The minimum atomic E-state index is -0.179. The first-order chi connectivity index (χ1) is 11.7. The third-order valence-corrected chi connectivity index (χ3v) is 4.61. The number of rotatable bonds is 3. The number of carbonyl (C=O) groups excluding carboxylic acids is 1. The molecule has 0 aliphatic rings. The second kappa shape index (κ2) is 5.92. The van der Waals surface area contributed by atoms with Gasteiger partial charge in [-0.05, 0) is 48.9 Å². The fourth-order valence-corrected chi connectivity index (χ4v) is 3.34. The fourth-order valence-electron chi connectivity index (χ4n) is 3.00. The van der Waals surface area contributed by atoms with Gasteiger partial charge in [0.25, 0.3) is 5.91 Å². The third-order valence-electron chi connectivity index (χ3n) is 4.12. The van der Waals surface area contributed by atoms with Crippen LogP contribution in [0.15, 0.2) is 63.6 Å². The normalized spacial score (nSPS) is 11.4. The number of hydrogen-bond donors (Lipinski definition) is 1. The first-order valence-electron chi connectivity index (χ1n) is 7.70. The van der Waals surface area contributed by atoms with Gasteiger partial charge in [0.1, 0.15) is 5.58 Å². The molecule has 0 saturated heterocycles. The van der Waals surface area contributed by atoms with Gasteiger partial charge in [-0.15, -0.1) is 0 Å². The van der Waals surface area contributed by atoms with E-state index < -0.39 is 0 Å². The van der Waals surface area contributed by atoms with Gasteiger partial charge in [0.05, 0.1) is 5.52 Å². The lowest BCUT2D eigenvalue weighted by atomic mass is 10.1. The van der Waals surface area contributed by atoms with Crippen molar-refractivity contribution >= 4 is 43.7 Å². The second-order valence-electron chi connectivity index (χ2n) is 5.68. The minimum absolute atomic E-state index is 0.179. The van der Waals surface area contributed by atoms with E-state index >= 15 is 0 Å². The van der Waals surface area contributed by atoms with E-state index in [-0.39, 0.29) is 5.91 Å². The van der Waals surface area contributed by atoms with Gasteiger partial charge < -0.3 is 10.2 Å². The Labute approximate surface area is 147 Å². The predicted octanol–water partition coefficient (Wildman–Crippen LogP) is 4.34. The van der Waals surface area contributed by atoms with Crippen LogP contribution >= 0.6 is 15.9 Å². The number of hydrogen-bond acceptors (Lipinski definition) is 3. The number of fused-ring (bicyclic) bond motifs is 2. The average Bonchev–Trinajstić information content (AvgIpc) is 3.16. The Hall–Kier alpha value is -2.37. The van der Waals surface area contributed by atoms with Crippen LogP contribution in [0.2, 0.25) is 0 Å². The Morgan fingerprint density at radius 2 is 2.00 bits per heavy atom. The number of carbonyl (C=O) groups is 1. The molecule has 4 aromatic rings. The van der Waals surface area contributed by atoms with E-state index in [0.717, 1.165) is 32.7 Å². The molecular weight excluding hydrogens is 368 g/mol. The van der Waals surface area contributed by atoms with Gasteiger partial charge in [-0.3, -0.25) is 9.36 Å². The molecule has 120 valence electrons. The molecule has 0 fully saturated rings. The van der Waals surface area contributed by atoms with Gasteiger partial charge in [-0.1, -0.05) is 34.1 Å².